The highest BCUT2D eigenvalue weighted by molar-refractivity contribution is 7.98. The number of hydrogen-bond acceptors (Lipinski definition) is 5. The molecule has 0 saturated carbocycles. The van der Waals surface area contributed by atoms with E-state index in [0.29, 0.717) is 31.8 Å². The van der Waals surface area contributed by atoms with E-state index in [2.05, 4.69) is 6.92 Å². The number of amides is 2. The minimum Gasteiger partial charge on any atom is -0.456 e. The van der Waals surface area contributed by atoms with E-state index in [1.807, 2.05) is 24.8 Å². The zero-order valence-electron chi connectivity index (χ0n) is 15.2. The third-order valence-corrected chi connectivity index (χ3v) is 5.97. The lowest BCUT2D eigenvalue weighted by molar-refractivity contribution is 0.0538. The molecule has 2 aliphatic heterocycles. The topological polar surface area (TPSA) is 63.0 Å². The van der Waals surface area contributed by atoms with Gasteiger partial charge in [-0.05, 0) is 25.2 Å². The molecule has 25 heavy (non-hydrogen) atoms. The van der Waals surface area contributed by atoms with Crippen LogP contribution in [0.25, 0.3) is 0 Å². The summed E-state index contributed by atoms with van der Waals surface area (Å²) in [4.78, 5) is 27.7. The van der Waals surface area contributed by atoms with Gasteiger partial charge in [0.15, 0.2) is 11.4 Å². The second-order valence-electron chi connectivity index (χ2n) is 6.98. The highest BCUT2D eigenvalue weighted by Gasteiger charge is 2.49. The summed E-state index contributed by atoms with van der Waals surface area (Å²) in [7, 11) is 1.72. The molecule has 138 valence electrons. The van der Waals surface area contributed by atoms with E-state index in [4.69, 9.17) is 9.15 Å². The van der Waals surface area contributed by atoms with Crippen molar-refractivity contribution < 1.29 is 18.7 Å². The molecule has 0 radical (unpaired) electrons. The highest BCUT2D eigenvalue weighted by Crippen LogP contribution is 2.33. The summed E-state index contributed by atoms with van der Waals surface area (Å²) in [5.74, 6) is 3.08. The predicted octanol–water partition coefficient (Wildman–Crippen LogP) is 3.29. The lowest BCUT2D eigenvalue weighted by atomic mass is 10.0. The largest absolute Gasteiger partial charge is 0.456 e. The van der Waals surface area contributed by atoms with Gasteiger partial charge in [-0.25, -0.2) is 4.79 Å². The first kappa shape index (κ1) is 18.2. The number of ether oxygens (including phenoxy) is 1. The molecule has 3 rings (SSSR count). The average Bonchev–Trinajstić information content (AvgIpc) is 3.23. The monoisotopic (exact) mass is 366 g/mol. The number of likely N-dealkylation sites (N-methyl/N-ethyl adjacent to an activating group) is 1. The first-order valence-corrected chi connectivity index (χ1v) is 10.00. The number of carbonyl (C=O) groups excluding carboxylic acids is 2. The van der Waals surface area contributed by atoms with Crippen molar-refractivity contribution in [3.8, 4) is 0 Å². The number of carbonyl (C=O) groups is 2. The normalized spacial score (nSPS) is 22.9. The number of aryl methyl sites for hydroxylation is 1. The number of hydrogen-bond donors (Lipinski definition) is 0. The van der Waals surface area contributed by atoms with E-state index in [1.54, 1.807) is 16.8 Å². The first-order valence-electron chi connectivity index (χ1n) is 8.84. The van der Waals surface area contributed by atoms with Crippen molar-refractivity contribution in [2.24, 2.45) is 0 Å². The van der Waals surface area contributed by atoms with E-state index in [-0.39, 0.29) is 12.0 Å². The molecular formula is C18H26N2O4S. The van der Waals surface area contributed by atoms with Crippen molar-refractivity contribution in [2.75, 3.05) is 32.4 Å². The number of thioether (sulfide) groups is 1. The molecule has 1 aromatic rings. The first-order chi connectivity index (χ1) is 11.9. The van der Waals surface area contributed by atoms with Crippen LogP contribution in [0.3, 0.4) is 0 Å². The van der Waals surface area contributed by atoms with E-state index >= 15 is 0 Å². The Labute approximate surface area is 152 Å². The summed E-state index contributed by atoms with van der Waals surface area (Å²) in [6.07, 6.45) is 2.76. The Morgan fingerprint density at radius 2 is 2.20 bits per heavy atom. The van der Waals surface area contributed by atoms with Crippen molar-refractivity contribution in [1.29, 1.82) is 0 Å². The molecule has 7 heteroatoms. The third kappa shape index (κ3) is 3.81. The molecule has 0 aromatic carbocycles. The van der Waals surface area contributed by atoms with Crippen molar-refractivity contribution in [2.45, 2.75) is 44.5 Å². The zero-order valence-corrected chi connectivity index (χ0v) is 16.0. The third-order valence-electron chi connectivity index (χ3n) is 4.88. The van der Waals surface area contributed by atoms with Gasteiger partial charge in [-0.3, -0.25) is 4.79 Å². The van der Waals surface area contributed by atoms with Gasteiger partial charge in [-0.2, -0.15) is 11.8 Å². The van der Waals surface area contributed by atoms with Gasteiger partial charge in [0, 0.05) is 31.3 Å². The molecule has 0 unspecified atom stereocenters. The molecular weight excluding hydrogens is 340 g/mol. The summed E-state index contributed by atoms with van der Waals surface area (Å²) < 4.78 is 11.2. The molecule has 6 nitrogen and oxygen atoms in total. The zero-order chi connectivity index (χ0) is 18.0. The van der Waals surface area contributed by atoms with Crippen LogP contribution in [0.4, 0.5) is 4.79 Å². The van der Waals surface area contributed by atoms with Crippen LogP contribution in [-0.4, -0.2) is 59.8 Å². The Morgan fingerprint density at radius 3 is 2.88 bits per heavy atom. The predicted molar refractivity (Wildman–Crippen MR) is 96.9 cm³/mol. The van der Waals surface area contributed by atoms with Crippen LogP contribution in [0.2, 0.25) is 0 Å². The van der Waals surface area contributed by atoms with Crippen LogP contribution < -0.4 is 0 Å². The summed E-state index contributed by atoms with van der Waals surface area (Å²) in [5.41, 5.74) is 0.535. The standard InChI is InChI=1S/C18H26N2O4S/c1-4-5-8-25-10-14-9-15(23-13(14)2)16(21)20-7-6-18(12-20)11-19(3)17(22)24-18/h9H,4-8,10-12H2,1-3H3/t18-/m0/s1. The average molecular weight is 366 g/mol. The second-order valence-corrected chi connectivity index (χ2v) is 8.09. The van der Waals surface area contributed by atoms with E-state index in [9.17, 15) is 9.59 Å². The van der Waals surface area contributed by atoms with Crippen molar-refractivity contribution in [1.82, 2.24) is 9.80 Å². The Hall–Kier alpha value is -1.63. The van der Waals surface area contributed by atoms with E-state index < -0.39 is 5.60 Å². The van der Waals surface area contributed by atoms with Gasteiger partial charge < -0.3 is 19.0 Å². The maximum absolute atomic E-state index is 12.8. The van der Waals surface area contributed by atoms with Gasteiger partial charge in [0.1, 0.15) is 5.76 Å². The van der Waals surface area contributed by atoms with Crippen molar-refractivity contribution >= 4 is 23.8 Å². The molecule has 2 fully saturated rings. The van der Waals surface area contributed by atoms with Gasteiger partial charge in [0.05, 0.1) is 13.1 Å². The number of nitrogens with zero attached hydrogens (tertiary/aromatic N) is 2. The minimum atomic E-state index is -0.554. The maximum Gasteiger partial charge on any atom is 0.410 e. The van der Waals surface area contributed by atoms with Crippen LogP contribution in [0.5, 0.6) is 0 Å². The Morgan fingerprint density at radius 1 is 1.40 bits per heavy atom. The summed E-state index contributed by atoms with van der Waals surface area (Å²) in [6.45, 7) is 5.64. The summed E-state index contributed by atoms with van der Waals surface area (Å²) in [6, 6.07) is 1.87. The molecule has 1 spiro atoms. The molecule has 3 heterocycles. The summed E-state index contributed by atoms with van der Waals surface area (Å²) >= 11 is 1.87. The number of unbranched alkanes of at least 4 members (excludes halogenated alkanes) is 1. The van der Waals surface area contributed by atoms with Gasteiger partial charge in [0.25, 0.3) is 5.91 Å². The fourth-order valence-corrected chi connectivity index (χ4v) is 4.52. The Bertz CT molecular complexity index is 660. The molecule has 2 amide bonds. The van der Waals surface area contributed by atoms with E-state index in [1.165, 1.54) is 12.8 Å². The van der Waals surface area contributed by atoms with Gasteiger partial charge in [-0.1, -0.05) is 13.3 Å². The van der Waals surface area contributed by atoms with Crippen molar-refractivity contribution in [3.05, 3.63) is 23.2 Å². The van der Waals surface area contributed by atoms with E-state index in [0.717, 1.165) is 22.8 Å². The second kappa shape index (κ2) is 7.32. The van der Waals surface area contributed by atoms with Crippen LogP contribution in [0, 0.1) is 6.92 Å². The number of likely N-dealkylation sites (tertiary alicyclic amines) is 1. The van der Waals surface area contributed by atoms with Crippen LogP contribution in [0.15, 0.2) is 10.5 Å². The molecule has 0 aliphatic carbocycles. The fourth-order valence-electron chi connectivity index (χ4n) is 3.38. The molecule has 1 aromatic heterocycles. The molecule has 1 atom stereocenters. The van der Waals surface area contributed by atoms with Gasteiger partial charge in [-0.15, -0.1) is 0 Å². The lowest BCUT2D eigenvalue weighted by Gasteiger charge is -2.21. The minimum absolute atomic E-state index is 0.115. The molecule has 2 aliphatic rings. The quantitative estimate of drug-likeness (QED) is 0.723. The molecule has 0 N–H and O–H groups in total. The van der Waals surface area contributed by atoms with Crippen LogP contribution >= 0.6 is 11.8 Å². The fraction of sp³-hybridized carbons (Fsp3) is 0.667. The number of rotatable bonds is 6. The SMILES string of the molecule is CCCCSCc1cc(C(=O)N2CC[C@]3(CN(C)C(=O)O3)C2)oc1C. The highest BCUT2D eigenvalue weighted by atomic mass is 32.2. The Balaban J connectivity index is 1.61. The van der Waals surface area contributed by atoms with Gasteiger partial charge >= 0.3 is 6.09 Å². The van der Waals surface area contributed by atoms with Crippen LogP contribution in [-0.2, 0) is 10.5 Å². The van der Waals surface area contributed by atoms with Crippen molar-refractivity contribution in [3.63, 3.8) is 0 Å². The smallest absolute Gasteiger partial charge is 0.410 e. The maximum atomic E-state index is 12.8. The number of furan rings is 1. The lowest BCUT2D eigenvalue weighted by Crippen LogP contribution is -2.39. The molecule has 2 saturated heterocycles. The molecule has 0 bridgehead atoms. The summed E-state index contributed by atoms with van der Waals surface area (Å²) in [5, 5.41) is 0. The van der Waals surface area contributed by atoms with Crippen LogP contribution in [0.1, 0.15) is 48.1 Å². The van der Waals surface area contributed by atoms with Gasteiger partial charge in [0.2, 0.25) is 0 Å². The Kier molecular flexibility index (Phi) is 5.32.